The summed E-state index contributed by atoms with van der Waals surface area (Å²) in [6.45, 7) is 0. The van der Waals surface area contributed by atoms with E-state index in [1.165, 1.54) is 0 Å². The Hall–Kier alpha value is -2.62. The molecule has 2 aromatic rings. The number of benzene rings is 2. The molecule has 0 spiro atoms. The molecule has 0 aliphatic carbocycles. The van der Waals surface area contributed by atoms with Crippen LogP contribution in [0.4, 0.5) is 0 Å². The molecule has 102 valence electrons. The van der Waals surface area contributed by atoms with Crippen LogP contribution in [-0.4, -0.2) is 30.8 Å². The summed E-state index contributed by atoms with van der Waals surface area (Å²) in [6, 6.07) is 18.7. The number of carbonyl (C=O) groups excluding carboxylic acids is 1. The third-order valence-corrected chi connectivity index (χ3v) is 2.62. The molecular weight excluding hydrogens is 250 g/mol. The van der Waals surface area contributed by atoms with E-state index in [1.807, 2.05) is 62.6 Å². The zero-order valence-electron chi connectivity index (χ0n) is 11.6. The van der Waals surface area contributed by atoms with Crippen LogP contribution in [0.5, 0.6) is 0 Å². The standard InChI is InChI=1S/C16H17N3O/c1-19(2)18-15(13-9-5-3-6-10-13)17-16(20)14-11-7-4-8-12-14/h3-12H,1-2H3,(H,17,18,20). The normalized spacial score (nSPS) is 11.0. The van der Waals surface area contributed by atoms with Gasteiger partial charge in [-0.25, -0.2) is 0 Å². The first-order valence-electron chi connectivity index (χ1n) is 6.34. The van der Waals surface area contributed by atoms with Crippen LogP contribution in [0.2, 0.25) is 0 Å². The maximum atomic E-state index is 12.2. The molecule has 0 saturated carbocycles. The van der Waals surface area contributed by atoms with E-state index in [2.05, 4.69) is 10.4 Å². The van der Waals surface area contributed by atoms with Crippen molar-refractivity contribution in [2.45, 2.75) is 0 Å². The summed E-state index contributed by atoms with van der Waals surface area (Å²) in [5, 5.41) is 8.84. The van der Waals surface area contributed by atoms with E-state index in [4.69, 9.17) is 0 Å². The van der Waals surface area contributed by atoms with Gasteiger partial charge in [0.05, 0.1) is 0 Å². The Morgan fingerprint density at radius 3 is 1.90 bits per heavy atom. The Bertz CT molecular complexity index is 592. The zero-order valence-corrected chi connectivity index (χ0v) is 11.6. The van der Waals surface area contributed by atoms with Crippen molar-refractivity contribution in [3.63, 3.8) is 0 Å². The lowest BCUT2D eigenvalue weighted by atomic mass is 10.2. The van der Waals surface area contributed by atoms with Gasteiger partial charge in [0.15, 0.2) is 5.84 Å². The van der Waals surface area contributed by atoms with Gasteiger partial charge in [-0.3, -0.25) is 4.79 Å². The number of amides is 1. The van der Waals surface area contributed by atoms with Gasteiger partial charge in [0.1, 0.15) is 0 Å². The SMILES string of the molecule is CN(C)/N=C(/NC(=O)c1ccccc1)c1ccccc1. The minimum Gasteiger partial charge on any atom is -0.305 e. The monoisotopic (exact) mass is 267 g/mol. The maximum absolute atomic E-state index is 12.2. The Morgan fingerprint density at radius 2 is 1.40 bits per heavy atom. The van der Waals surface area contributed by atoms with E-state index in [0.29, 0.717) is 11.4 Å². The molecular formula is C16H17N3O. The molecule has 0 heterocycles. The lowest BCUT2D eigenvalue weighted by molar-refractivity contribution is 0.0976. The summed E-state index contributed by atoms with van der Waals surface area (Å²) in [4.78, 5) is 12.2. The van der Waals surface area contributed by atoms with Gasteiger partial charge in [-0.15, -0.1) is 0 Å². The Labute approximate surface area is 118 Å². The van der Waals surface area contributed by atoms with Gasteiger partial charge in [0.25, 0.3) is 5.91 Å². The van der Waals surface area contributed by atoms with Crippen molar-refractivity contribution in [3.05, 3.63) is 71.8 Å². The third-order valence-electron chi connectivity index (χ3n) is 2.62. The highest BCUT2D eigenvalue weighted by molar-refractivity contribution is 6.12. The Balaban J connectivity index is 2.24. The highest BCUT2D eigenvalue weighted by Crippen LogP contribution is 2.03. The van der Waals surface area contributed by atoms with Crippen LogP contribution in [0.15, 0.2) is 65.8 Å². The smallest absolute Gasteiger partial charge is 0.256 e. The molecule has 0 radical (unpaired) electrons. The summed E-state index contributed by atoms with van der Waals surface area (Å²) < 4.78 is 0. The summed E-state index contributed by atoms with van der Waals surface area (Å²) in [5.74, 6) is 0.361. The molecule has 20 heavy (non-hydrogen) atoms. The van der Waals surface area contributed by atoms with Gasteiger partial charge in [0.2, 0.25) is 0 Å². The van der Waals surface area contributed by atoms with E-state index in [-0.39, 0.29) is 5.91 Å². The van der Waals surface area contributed by atoms with Crippen LogP contribution >= 0.6 is 0 Å². The molecule has 0 fully saturated rings. The summed E-state index contributed by atoms with van der Waals surface area (Å²) in [6.07, 6.45) is 0. The quantitative estimate of drug-likeness (QED) is 0.527. The van der Waals surface area contributed by atoms with Crippen LogP contribution in [0.1, 0.15) is 15.9 Å². The fraction of sp³-hybridized carbons (Fsp3) is 0.125. The Kier molecular flexibility index (Phi) is 4.50. The molecule has 0 aliphatic rings. The average Bonchev–Trinajstić information content (AvgIpc) is 2.48. The predicted molar refractivity (Wildman–Crippen MR) is 80.6 cm³/mol. The van der Waals surface area contributed by atoms with E-state index in [9.17, 15) is 4.79 Å². The van der Waals surface area contributed by atoms with Crippen molar-refractivity contribution in [1.29, 1.82) is 0 Å². The van der Waals surface area contributed by atoms with Gasteiger partial charge in [0, 0.05) is 25.2 Å². The molecule has 2 rings (SSSR count). The minimum atomic E-state index is -0.171. The lowest BCUT2D eigenvalue weighted by Crippen LogP contribution is -2.32. The lowest BCUT2D eigenvalue weighted by Gasteiger charge is -2.12. The highest BCUT2D eigenvalue weighted by Gasteiger charge is 2.10. The summed E-state index contributed by atoms with van der Waals surface area (Å²) in [7, 11) is 3.63. The Morgan fingerprint density at radius 1 is 0.900 bits per heavy atom. The van der Waals surface area contributed by atoms with Crippen molar-refractivity contribution < 1.29 is 4.79 Å². The number of nitrogens with one attached hydrogen (secondary N) is 1. The van der Waals surface area contributed by atoms with Crippen LogP contribution < -0.4 is 5.32 Å². The van der Waals surface area contributed by atoms with Gasteiger partial charge in [-0.05, 0) is 12.1 Å². The molecule has 1 N–H and O–H groups in total. The second-order valence-corrected chi connectivity index (χ2v) is 4.48. The molecule has 4 heteroatoms. The number of amidine groups is 1. The summed E-state index contributed by atoms with van der Waals surface area (Å²) in [5.41, 5.74) is 1.47. The molecule has 0 atom stereocenters. The molecule has 1 amide bonds. The molecule has 0 aliphatic heterocycles. The number of hydrazone groups is 1. The number of hydrogen-bond acceptors (Lipinski definition) is 3. The fourth-order valence-electron chi connectivity index (χ4n) is 1.72. The number of carbonyl (C=O) groups is 1. The topological polar surface area (TPSA) is 44.7 Å². The van der Waals surface area contributed by atoms with Crippen LogP contribution in [0, 0.1) is 0 Å². The maximum Gasteiger partial charge on any atom is 0.256 e. The van der Waals surface area contributed by atoms with Crippen molar-refractivity contribution in [1.82, 2.24) is 10.3 Å². The molecule has 0 saturated heterocycles. The van der Waals surface area contributed by atoms with Crippen LogP contribution in [-0.2, 0) is 0 Å². The second-order valence-electron chi connectivity index (χ2n) is 4.48. The van der Waals surface area contributed by atoms with E-state index < -0.39 is 0 Å². The van der Waals surface area contributed by atoms with Crippen molar-refractivity contribution >= 4 is 11.7 Å². The van der Waals surface area contributed by atoms with E-state index >= 15 is 0 Å². The molecule has 2 aromatic carbocycles. The zero-order chi connectivity index (χ0) is 14.4. The van der Waals surface area contributed by atoms with Crippen molar-refractivity contribution in [2.24, 2.45) is 5.10 Å². The first kappa shape index (κ1) is 13.8. The van der Waals surface area contributed by atoms with E-state index in [1.54, 1.807) is 17.1 Å². The fourth-order valence-corrected chi connectivity index (χ4v) is 1.72. The molecule has 0 unspecified atom stereocenters. The van der Waals surface area contributed by atoms with Crippen LogP contribution in [0.25, 0.3) is 0 Å². The van der Waals surface area contributed by atoms with E-state index in [0.717, 1.165) is 5.56 Å². The minimum absolute atomic E-state index is 0.171. The predicted octanol–water partition coefficient (Wildman–Crippen LogP) is 2.34. The second kappa shape index (κ2) is 6.52. The molecule has 0 aromatic heterocycles. The van der Waals surface area contributed by atoms with Crippen LogP contribution in [0.3, 0.4) is 0 Å². The summed E-state index contributed by atoms with van der Waals surface area (Å²) >= 11 is 0. The van der Waals surface area contributed by atoms with Gasteiger partial charge in [-0.1, -0.05) is 48.5 Å². The third kappa shape index (κ3) is 3.68. The highest BCUT2D eigenvalue weighted by atomic mass is 16.1. The first-order valence-corrected chi connectivity index (χ1v) is 6.34. The van der Waals surface area contributed by atoms with Gasteiger partial charge in [-0.2, -0.15) is 5.10 Å². The first-order chi connectivity index (χ1) is 9.66. The number of nitrogens with zero attached hydrogens (tertiary/aromatic N) is 2. The number of rotatable bonds is 3. The largest absolute Gasteiger partial charge is 0.305 e. The van der Waals surface area contributed by atoms with Gasteiger partial charge >= 0.3 is 0 Å². The molecule has 0 bridgehead atoms. The van der Waals surface area contributed by atoms with Crippen molar-refractivity contribution in [3.8, 4) is 0 Å². The molecule has 4 nitrogen and oxygen atoms in total. The van der Waals surface area contributed by atoms with Gasteiger partial charge < -0.3 is 10.3 Å². The average molecular weight is 267 g/mol. The van der Waals surface area contributed by atoms with Crippen molar-refractivity contribution in [2.75, 3.05) is 14.1 Å². The number of hydrogen-bond donors (Lipinski definition) is 1.